The Morgan fingerprint density at radius 1 is 0.864 bits per heavy atom. The van der Waals surface area contributed by atoms with Gasteiger partial charge in [0, 0.05) is 58.6 Å². The van der Waals surface area contributed by atoms with Crippen LogP contribution in [0.15, 0.2) is 97.1 Å². The van der Waals surface area contributed by atoms with Gasteiger partial charge in [0.2, 0.25) is 0 Å². The third-order valence-electron chi connectivity index (χ3n) is 8.36. The molecule has 1 atom stereocenters. The van der Waals surface area contributed by atoms with Gasteiger partial charge in [0.25, 0.3) is 0 Å². The lowest BCUT2D eigenvalue weighted by Crippen LogP contribution is -2.58. The fourth-order valence-corrected chi connectivity index (χ4v) is 5.86. The van der Waals surface area contributed by atoms with Crippen LogP contribution in [0.1, 0.15) is 41.6 Å². The monoisotopic (exact) mass is 593 g/mol. The summed E-state index contributed by atoms with van der Waals surface area (Å²) in [5, 5.41) is 7.98. The number of hydrogen-bond acceptors (Lipinski definition) is 8. The van der Waals surface area contributed by atoms with Crippen LogP contribution in [0, 0.1) is 0 Å². The third-order valence-corrected chi connectivity index (χ3v) is 8.36. The quantitative estimate of drug-likeness (QED) is 0.160. The highest BCUT2D eigenvalue weighted by atomic mass is 16.7. The predicted octanol–water partition coefficient (Wildman–Crippen LogP) is 5.40. The molecule has 1 fully saturated rings. The predicted molar refractivity (Wildman–Crippen MR) is 171 cm³/mol. The molecule has 2 heterocycles. The van der Waals surface area contributed by atoms with Gasteiger partial charge >= 0.3 is 5.97 Å². The van der Waals surface area contributed by atoms with E-state index in [2.05, 4.69) is 62.6 Å². The average molecular weight is 594 g/mol. The van der Waals surface area contributed by atoms with Crippen molar-refractivity contribution in [1.82, 2.24) is 20.1 Å². The number of fused-ring (bicyclic) bond motifs is 1. The number of aromatic nitrogens is 3. The number of piperazine rings is 1. The van der Waals surface area contributed by atoms with Crippen LogP contribution in [-0.4, -0.2) is 78.3 Å². The SMILES string of the molecule is COCCCCCOC1(N2CCN(c3ccc(C(=O)On4nnc5ccccc54)cc3)CC2)C=CC(c2ccccc2)=CC1. The minimum Gasteiger partial charge on any atom is -0.385 e. The molecule has 9 nitrogen and oxygen atoms in total. The van der Waals surface area contributed by atoms with Crippen molar-refractivity contribution in [1.29, 1.82) is 0 Å². The molecule has 1 saturated heterocycles. The summed E-state index contributed by atoms with van der Waals surface area (Å²) in [6.07, 6.45) is 10.8. The molecule has 6 rings (SSSR count). The lowest BCUT2D eigenvalue weighted by molar-refractivity contribution is -0.123. The van der Waals surface area contributed by atoms with Gasteiger partial charge in [-0.1, -0.05) is 59.5 Å². The Balaban J connectivity index is 1.08. The highest BCUT2D eigenvalue weighted by Crippen LogP contribution is 2.34. The molecule has 0 N–H and O–H groups in total. The normalized spacial score (nSPS) is 18.8. The summed E-state index contributed by atoms with van der Waals surface area (Å²) in [5.41, 5.74) is 4.85. The number of anilines is 1. The van der Waals surface area contributed by atoms with Crippen LogP contribution >= 0.6 is 0 Å². The molecule has 1 aliphatic carbocycles. The zero-order valence-electron chi connectivity index (χ0n) is 25.2. The van der Waals surface area contributed by atoms with E-state index < -0.39 is 11.7 Å². The van der Waals surface area contributed by atoms with Gasteiger partial charge in [0.1, 0.15) is 16.8 Å². The Morgan fingerprint density at radius 3 is 2.36 bits per heavy atom. The molecule has 1 unspecified atom stereocenters. The summed E-state index contributed by atoms with van der Waals surface area (Å²) < 4.78 is 11.9. The smallest absolute Gasteiger partial charge is 0.365 e. The molecule has 0 bridgehead atoms. The summed E-state index contributed by atoms with van der Waals surface area (Å²) in [5.74, 6) is -0.481. The number of nitrogens with zero attached hydrogens (tertiary/aromatic N) is 5. The van der Waals surface area contributed by atoms with E-state index in [4.69, 9.17) is 14.3 Å². The van der Waals surface area contributed by atoms with Crippen LogP contribution in [-0.2, 0) is 9.47 Å². The molecule has 1 aromatic heterocycles. The summed E-state index contributed by atoms with van der Waals surface area (Å²) in [7, 11) is 1.75. The Hall–Kier alpha value is -4.31. The van der Waals surface area contributed by atoms with Crippen LogP contribution < -0.4 is 9.74 Å². The number of methoxy groups -OCH3 is 1. The lowest BCUT2D eigenvalue weighted by atomic mass is 9.93. The fraction of sp³-hybridized carbons (Fsp3) is 0.343. The number of benzene rings is 3. The number of ether oxygens (including phenoxy) is 2. The van der Waals surface area contributed by atoms with E-state index in [1.54, 1.807) is 19.2 Å². The first-order valence-electron chi connectivity index (χ1n) is 15.4. The Kier molecular flexibility index (Phi) is 9.45. The van der Waals surface area contributed by atoms with Gasteiger partial charge in [-0.2, -0.15) is 0 Å². The fourth-order valence-electron chi connectivity index (χ4n) is 5.86. The van der Waals surface area contributed by atoms with Crippen molar-refractivity contribution in [3.8, 4) is 0 Å². The highest BCUT2D eigenvalue weighted by molar-refractivity contribution is 5.90. The van der Waals surface area contributed by atoms with Gasteiger partial charge in [0.15, 0.2) is 0 Å². The number of carbonyl (C=O) groups is 1. The first-order valence-corrected chi connectivity index (χ1v) is 15.4. The van der Waals surface area contributed by atoms with Crippen molar-refractivity contribution in [3.05, 3.63) is 108 Å². The Bertz CT molecular complexity index is 1590. The molecule has 0 radical (unpaired) electrons. The van der Waals surface area contributed by atoms with Crippen LogP contribution in [0.5, 0.6) is 0 Å². The average Bonchev–Trinajstić information content (AvgIpc) is 3.49. The van der Waals surface area contributed by atoms with E-state index in [0.29, 0.717) is 23.2 Å². The number of unbranched alkanes of at least 4 members (excludes halogenated alkanes) is 2. The molecular weight excluding hydrogens is 554 g/mol. The molecule has 3 aromatic carbocycles. The van der Waals surface area contributed by atoms with Crippen LogP contribution in [0.3, 0.4) is 0 Å². The molecule has 0 saturated carbocycles. The molecule has 9 heteroatoms. The van der Waals surface area contributed by atoms with Gasteiger partial charge < -0.3 is 19.2 Å². The van der Waals surface area contributed by atoms with E-state index in [1.807, 2.05) is 42.5 Å². The Labute approximate surface area is 258 Å². The third kappa shape index (κ3) is 6.75. The molecule has 0 amide bonds. The van der Waals surface area contributed by atoms with Crippen LogP contribution in [0.25, 0.3) is 16.6 Å². The van der Waals surface area contributed by atoms with Gasteiger partial charge in [0.05, 0.1) is 5.56 Å². The maximum Gasteiger partial charge on any atom is 0.365 e. The first kappa shape index (κ1) is 29.7. The van der Waals surface area contributed by atoms with E-state index in [9.17, 15) is 4.79 Å². The largest absolute Gasteiger partial charge is 0.385 e. The second kappa shape index (κ2) is 14.0. The summed E-state index contributed by atoms with van der Waals surface area (Å²) >= 11 is 0. The van der Waals surface area contributed by atoms with E-state index in [0.717, 1.165) is 64.2 Å². The standard InChI is InChI=1S/C35H39N5O4/c1-42-26-8-3-9-27-43-35(20-18-29(19-21-35)28-10-4-2-5-11-28)39-24-22-38(23-25-39)31-16-14-30(15-17-31)34(41)44-40-33-13-7-6-12-32(33)36-37-40/h2,4-7,10-20H,3,8-9,21-27H2,1H3. The number of para-hydroxylation sites is 1. The van der Waals surface area contributed by atoms with Crippen molar-refractivity contribution < 1.29 is 19.1 Å². The maximum atomic E-state index is 12.8. The van der Waals surface area contributed by atoms with Gasteiger partial charge in [-0.25, -0.2) is 4.79 Å². The molecule has 2 aliphatic rings. The number of rotatable bonds is 12. The van der Waals surface area contributed by atoms with Crippen molar-refractivity contribution in [3.63, 3.8) is 0 Å². The molecule has 1 aliphatic heterocycles. The summed E-state index contributed by atoms with van der Waals surface area (Å²) in [4.78, 5) is 24.3. The highest BCUT2D eigenvalue weighted by Gasteiger charge is 2.38. The van der Waals surface area contributed by atoms with Crippen LogP contribution in [0.4, 0.5) is 5.69 Å². The maximum absolute atomic E-state index is 12.8. The molecule has 0 spiro atoms. The van der Waals surface area contributed by atoms with E-state index in [-0.39, 0.29) is 0 Å². The number of allylic oxidation sites excluding steroid dienone is 2. The first-order chi connectivity index (χ1) is 21.6. The summed E-state index contributed by atoms with van der Waals surface area (Å²) in [6.45, 7) is 4.95. The molecule has 44 heavy (non-hydrogen) atoms. The Morgan fingerprint density at radius 2 is 1.61 bits per heavy atom. The number of carbonyl (C=O) groups excluding carboxylic acids is 1. The minimum atomic E-state index is -0.481. The van der Waals surface area contributed by atoms with E-state index in [1.165, 1.54) is 16.0 Å². The van der Waals surface area contributed by atoms with Crippen molar-refractivity contribution >= 4 is 28.3 Å². The van der Waals surface area contributed by atoms with Crippen molar-refractivity contribution in [2.75, 3.05) is 51.4 Å². The molecule has 228 valence electrons. The van der Waals surface area contributed by atoms with Gasteiger partial charge in [-0.3, -0.25) is 4.90 Å². The summed E-state index contributed by atoms with van der Waals surface area (Å²) in [6, 6.07) is 25.4. The van der Waals surface area contributed by atoms with Gasteiger partial charge in [-0.15, -0.1) is 5.10 Å². The lowest BCUT2D eigenvalue weighted by Gasteiger charge is -2.47. The second-order valence-corrected chi connectivity index (χ2v) is 11.2. The van der Waals surface area contributed by atoms with Crippen molar-refractivity contribution in [2.24, 2.45) is 0 Å². The zero-order chi connectivity index (χ0) is 30.2. The van der Waals surface area contributed by atoms with Crippen molar-refractivity contribution in [2.45, 2.75) is 31.4 Å². The topological polar surface area (TPSA) is 82.0 Å². The van der Waals surface area contributed by atoms with Gasteiger partial charge in [-0.05, 0) is 78.1 Å². The van der Waals surface area contributed by atoms with E-state index >= 15 is 0 Å². The molecule has 4 aromatic rings. The zero-order valence-corrected chi connectivity index (χ0v) is 25.2. The number of hydrogen-bond donors (Lipinski definition) is 0. The minimum absolute atomic E-state index is 0.454. The van der Waals surface area contributed by atoms with Crippen LogP contribution in [0.2, 0.25) is 0 Å². The molecular formula is C35H39N5O4. The second-order valence-electron chi connectivity index (χ2n) is 11.2.